The van der Waals surface area contributed by atoms with Gasteiger partial charge >= 0.3 is 0 Å². The zero-order valence-corrected chi connectivity index (χ0v) is 42.9. The summed E-state index contributed by atoms with van der Waals surface area (Å²) in [5.41, 5.74) is 0. The lowest BCUT2D eigenvalue weighted by molar-refractivity contribution is -0.359. The van der Waals surface area contributed by atoms with E-state index >= 15 is 0 Å². The van der Waals surface area contributed by atoms with Gasteiger partial charge in [-0.25, -0.2) is 0 Å². The van der Waals surface area contributed by atoms with Gasteiger partial charge in [-0.05, 0) is 38.5 Å². The Bertz CT molecular complexity index is 1200. The number of hydrogen-bond donors (Lipinski definition) is 9. The maximum atomic E-state index is 13.2. The SMILES string of the molecule is CCCCCCCCC/C=C\CCCCCCCC(=O)NC(COC1OC(CO)C(OC2OC(CO)C(O)C(O)C2O)C(O)C1O)C(O)CCCCCCCCCCCCCCCCCCCC. The fourth-order valence-electron chi connectivity index (χ4n) is 9.41. The Kier molecular flexibility index (Phi) is 38.1. The number of unbranched alkanes of at least 4 members (excludes halogenated alkanes) is 29. The molecule has 2 heterocycles. The quantitative estimate of drug-likeness (QED) is 0.0207. The van der Waals surface area contributed by atoms with E-state index in [1.165, 1.54) is 135 Å². The second-order valence-electron chi connectivity index (χ2n) is 20.1. The van der Waals surface area contributed by atoms with Crippen molar-refractivity contribution in [2.45, 2.75) is 306 Å². The van der Waals surface area contributed by atoms with Crippen LogP contribution in [0.25, 0.3) is 0 Å². The molecule has 2 aliphatic heterocycles. The van der Waals surface area contributed by atoms with Crippen molar-refractivity contribution in [1.82, 2.24) is 5.32 Å². The minimum atomic E-state index is -1.78. The number of aliphatic hydroxyl groups is 8. The maximum Gasteiger partial charge on any atom is 0.220 e. The van der Waals surface area contributed by atoms with E-state index < -0.39 is 86.8 Å². The summed E-state index contributed by atoms with van der Waals surface area (Å²) in [6.45, 7) is 2.86. The Balaban J connectivity index is 1.80. The normalized spacial score (nSPS) is 26.4. The molecule has 0 bridgehead atoms. The number of hydrogen-bond acceptors (Lipinski definition) is 13. The predicted octanol–water partition coefficient (Wildman–Crippen LogP) is 8.33. The van der Waals surface area contributed by atoms with Gasteiger partial charge in [-0.1, -0.05) is 199 Å². The summed E-state index contributed by atoms with van der Waals surface area (Å²) in [7, 11) is 0. The summed E-state index contributed by atoms with van der Waals surface area (Å²) in [5, 5.41) is 87.1. The number of nitrogens with one attached hydrogen (secondary N) is 1. The van der Waals surface area contributed by atoms with Crippen molar-refractivity contribution in [2.75, 3.05) is 19.8 Å². The van der Waals surface area contributed by atoms with Crippen LogP contribution in [0.3, 0.4) is 0 Å². The second kappa shape index (κ2) is 41.2. The first-order valence-electron chi connectivity index (χ1n) is 27.9. The molecule has 1 amide bonds. The van der Waals surface area contributed by atoms with Crippen LogP contribution in [0.5, 0.6) is 0 Å². The molecule has 9 N–H and O–H groups in total. The monoisotopic (exact) mass is 974 g/mol. The van der Waals surface area contributed by atoms with E-state index in [1.54, 1.807) is 0 Å². The highest BCUT2D eigenvalue weighted by molar-refractivity contribution is 5.76. The van der Waals surface area contributed by atoms with Crippen LogP contribution < -0.4 is 5.32 Å². The highest BCUT2D eigenvalue weighted by Crippen LogP contribution is 2.30. The first-order chi connectivity index (χ1) is 33.1. The molecule has 0 aromatic heterocycles. The number of ether oxygens (including phenoxy) is 4. The second-order valence-corrected chi connectivity index (χ2v) is 20.1. The number of allylic oxidation sites excluding steroid dienone is 2. The average molecular weight is 974 g/mol. The lowest BCUT2D eigenvalue weighted by Crippen LogP contribution is -2.65. The van der Waals surface area contributed by atoms with E-state index in [2.05, 4.69) is 31.3 Å². The van der Waals surface area contributed by atoms with Gasteiger partial charge in [0.25, 0.3) is 0 Å². The molecular weight excluding hydrogens is 871 g/mol. The van der Waals surface area contributed by atoms with Crippen LogP contribution in [0.2, 0.25) is 0 Å². The molecule has 12 unspecified atom stereocenters. The summed E-state index contributed by atoms with van der Waals surface area (Å²) in [4.78, 5) is 13.2. The number of rotatable bonds is 44. The molecule has 2 aliphatic rings. The lowest BCUT2D eigenvalue weighted by Gasteiger charge is -2.46. The summed E-state index contributed by atoms with van der Waals surface area (Å²) < 4.78 is 22.8. The largest absolute Gasteiger partial charge is 0.394 e. The van der Waals surface area contributed by atoms with E-state index in [-0.39, 0.29) is 12.5 Å². The van der Waals surface area contributed by atoms with Crippen molar-refractivity contribution in [1.29, 1.82) is 0 Å². The topological polar surface area (TPSA) is 228 Å². The highest BCUT2D eigenvalue weighted by atomic mass is 16.7. The summed E-state index contributed by atoms with van der Waals surface area (Å²) in [6, 6.07) is -0.829. The van der Waals surface area contributed by atoms with Gasteiger partial charge in [0.15, 0.2) is 12.6 Å². The van der Waals surface area contributed by atoms with Crippen molar-refractivity contribution in [3.05, 3.63) is 12.2 Å². The van der Waals surface area contributed by atoms with Crippen LogP contribution >= 0.6 is 0 Å². The van der Waals surface area contributed by atoms with Gasteiger partial charge in [0.2, 0.25) is 5.91 Å². The lowest BCUT2D eigenvalue weighted by atomic mass is 9.97. The third kappa shape index (κ3) is 27.5. The van der Waals surface area contributed by atoms with E-state index in [9.17, 15) is 45.6 Å². The molecule has 14 heteroatoms. The molecular formula is C54H103NO13. The molecule has 2 fully saturated rings. The van der Waals surface area contributed by atoms with Crippen LogP contribution in [0.15, 0.2) is 12.2 Å². The van der Waals surface area contributed by atoms with Gasteiger partial charge < -0.3 is 65.1 Å². The molecule has 14 nitrogen and oxygen atoms in total. The Morgan fingerprint density at radius 1 is 0.515 bits per heavy atom. The Labute approximate surface area is 412 Å². The fourth-order valence-corrected chi connectivity index (χ4v) is 9.41. The zero-order valence-electron chi connectivity index (χ0n) is 42.9. The van der Waals surface area contributed by atoms with E-state index in [0.29, 0.717) is 19.3 Å². The van der Waals surface area contributed by atoms with Gasteiger partial charge in [0.1, 0.15) is 48.8 Å². The fraction of sp³-hybridized carbons (Fsp3) is 0.944. The molecule has 12 atom stereocenters. The highest BCUT2D eigenvalue weighted by Gasteiger charge is 2.51. The molecule has 0 radical (unpaired) electrons. The molecule has 2 saturated heterocycles. The third-order valence-electron chi connectivity index (χ3n) is 14.0. The number of carbonyl (C=O) groups is 1. The van der Waals surface area contributed by atoms with E-state index in [4.69, 9.17) is 18.9 Å². The third-order valence-corrected chi connectivity index (χ3v) is 14.0. The van der Waals surface area contributed by atoms with Crippen molar-refractivity contribution in [2.24, 2.45) is 0 Å². The molecule has 0 saturated carbocycles. The van der Waals surface area contributed by atoms with Gasteiger partial charge in [-0.3, -0.25) is 4.79 Å². The van der Waals surface area contributed by atoms with Gasteiger partial charge in [0, 0.05) is 6.42 Å². The molecule has 0 aromatic carbocycles. The standard InChI is InChI=1S/C54H103NO13/c1-3-5-7-9-11-13-15-17-19-21-22-23-25-27-29-31-33-35-37-43(58)42(55-46(59)38-36-34-32-30-28-26-24-20-18-16-14-12-10-8-6-4-2)41-65-53-51(64)49(62)52(45(40-57)67-53)68-54-50(63)48(61)47(60)44(39-56)66-54/h20,24,42-45,47-54,56-58,60-64H,3-19,21-23,25-41H2,1-2H3,(H,55,59)/b24-20-. The average Bonchev–Trinajstić information content (AvgIpc) is 3.34. The van der Waals surface area contributed by atoms with Crippen LogP contribution in [0.1, 0.15) is 232 Å². The molecule has 0 aromatic rings. The Morgan fingerprint density at radius 3 is 1.40 bits per heavy atom. The van der Waals surface area contributed by atoms with Gasteiger partial charge in [-0.2, -0.15) is 0 Å². The number of carbonyl (C=O) groups excluding carboxylic acids is 1. The van der Waals surface area contributed by atoms with Crippen LogP contribution in [0, 0.1) is 0 Å². The van der Waals surface area contributed by atoms with E-state index in [0.717, 1.165) is 64.2 Å². The van der Waals surface area contributed by atoms with Crippen molar-refractivity contribution >= 4 is 5.91 Å². The number of amides is 1. The van der Waals surface area contributed by atoms with Crippen molar-refractivity contribution in [3.63, 3.8) is 0 Å². The van der Waals surface area contributed by atoms with Crippen molar-refractivity contribution < 1.29 is 64.6 Å². The Hall–Kier alpha value is -1.27. The predicted molar refractivity (Wildman–Crippen MR) is 268 cm³/mol. The van der Waals surface area contributed by atoms with E-state index in [1.807, 2.05) is 0 Å². The summed E-state index contributed by atoms with van der Waals surface area (Å²) >= 11 is 0. The first kappa shape index (κ1) is 62.8. The zero-order chi connectivity index (χ0) is 49.6. The summed E-state index contributed by atoms with van der Waals surface area (Å²) in [5.74, 6) is -0.213. The van der Waals surface area contributed by atoms with Crippen LogP contribution in [0.4, 0.5) is 0 Å². The minimum Gasteiger partial charge on any atom is -0.394 e. The first-order valence-corrected chi connectivity index (χ1v) is 27.9. The van der Waals surface area contributed by atoms with Gasteiger partial charge in [-0.15, -0.1) is 0 Å². The molecule has 402 valence electrons. The molecule has 0 spiro atoms. The Morgan fingerprint density at radius 2 is 0.926 bits per heavy atom. The minimum absolute atomic E-state index is 0.213. The summed E-state index contributed by atoms with van der Waals surface area (Å²) in [6.07, 6.45) is 27.7. The maximum absolute atomic E-state index is 13.2. The molecule has 68 heavy (non-hydrogen) atoms. The smallest absolute Gasteiger partial charge is 0.220 e. The van der Waals surface area contributed by atoms with Crippen LogP contribution in [-0.2, 0) is 23.7 Å². The van der Waals surface area contributed by atoms with Crippen molar-refractivity contribution in [3.8, 4) is 0 Å². The molecule has 2 rings (SSSR count). The molecule has 0 aliphatic carbocycles. The number of aliphatic hydroxyl groups excluding tert-OH is 8. The van der Waals surface area contributed by atoms with Crippen LogP contribution in [-0.4, -0.2) is 140 Å². The van der Waals surface area contributed by atoms with Gasteiger partial charge in [0.05, 0.1) is 32.0 Å².